The predicted octanol–water partition coefficient (Wildman–Crippen LogP) is 2.50. The molecule has 1 aliphatic heterocycles. The Labute approximate surface area is 109 Å². The Morgan fingerprint density at radius 2 is 2.17 bits per heavy atom. The van der Waals surface area contributed by atoms with Gasteiger partial charge in [-0.05, 0) is 32.6 Å². The average molecular weight is 249 g/mol. The Morgan fingerprint density at radius 1 is 1.44 bits per heavy atom. The van der Waals surface area contributed by atoms with Crippen LogP contribution in [0.15, 0.2) is 0 Å². The SMILES string of the molecule is Cc1nn(CC(C)C)c(C)c1C1CCCC(=O)N1. The summed E-state index contributed by atoms with van der Waals surface area (Å²) in [6.07, 6.45) is 2.67. The van der Waals surface area contributed by atoms with Crippen molar-refractivity contribution in [1.82, 2.24) is 15.1 Å². The highest BCUT2D eigenvalue weighted by Gasteiger charge is 2.25. The molecule has 2 rings (SSSR count). The van der Waals surface area contributed by atoms with Crippen molar-refractivity contribution in [3.05, 3.63) is 17.0 Å². The van der Waals surface area contributed by atoms with Gasteiger partial charge in [0, 0.05) is 24.2 Å². The van der Waals surface area contributed by atoms with Gasteiger partial charge in [0.1, 0.15) is 0 Å². The third-order valence-corrected chi connectivity index (χ3v) is 3.56. The van der Waals surface area contributed by atoms with Crippen molar-refractivity contribution in [3.63, 3.8) is 0 Å². The largest absolute Gasteiger partial charge is 0.349 e. The molecule has 0 aromatic carbocycles. The van der Waals surface area contributed by atoms with Crippen LogP contribution in [0.1, 0.15) is 56.1 Å². The van der Waals surface area contributed by atoms with Gasteiger partial charge < -0.3 is 5.32 Å². The fourth-order valence-electron chi connectivity index (χ4n) is 2.76. The molecule has 4 heteroatoms. The summed E-state index contributed by atoms with van der Waals surface area (Å²) in [6, 6.07) is 0.159. The summed E-state index contributed by atoms with van der Waals surface area (Å²) in [7, 11) is 0. The van der Waals surface area contributed by atoms with E-state index in [4.69, 9.17) is 0 Å². The third-order valence-electron chi connectivity index (χ3n) is 3.56. The van der Waals surface area contributed by atoms with E-state index < -0.39 is 0 Å². The number of piperidine rings is 1. The number of hydrogen-bond donors (Lipinski definition) is 1. The van der Waals surface area contributed by atoms with Gasteiger partial charge in [0.2, 0.25) is 5.91 Å². The Kier molecular flexibility index (Phi) is 3.73. The predicted molar refractivity (Wildman–Crippen MR) is 71.3 cm³/mol. The van der Waals surface area contributed by atoms with Crippen molar-refractivity contribution in [3.8, 4) is 0 Å². The number of nitrogens with one attached hydrogen (secondary N) is 1. The van der Waals surface area contributed by atoms with Crippen LogP contribution < -0.4 is 5.32 Å². The van der Waals surface area contributed by atoms with E-state index in [0.29, 0.717) is 12.3 Å². The van der Waals surface area contributed by atoms with Gasteiger partial charge in [-0.1, -0.05) is 13.8 Å². The van der Waals surface area contributed by atoms with Crippen LogP contribution in [0.25, 0.3) is 0 Å². The fourth-order valence-corrected chi connectivity index (χ4v) is 2.76. The first-order valence-corrected chi connectivity index (χ1v) is 6.82. The number of aromatic nitrogens is 2. The van der Waals surface area contributed by atoms with Crippen LogP contribution in [0.2, 0.25) is 0 Å². The van der Waals surface area contributed by atoms with E-state index in [0.717, 1.165) is 25.1 Å². The van der Waals surface area contributed by atoms with Gasteiger partial charge >= 0.3 is 0 Å². The van der Waals surface area contributed by atoms with E-state index in [2.05, 4.69) is 35.9 Å². The van der Waals surface area contributed by atoms with E-state index in [1.807, 2.05) is 6.92 Å². The first kappa shape index (κ1) is 13.1. The number of carbonyl (C=O) groups excluding carboxylic acids is 1. The molecule has 1 amide bonds. The van der Waals surface area contributed by atoms with Gasteiger partial charge in [0.05, 0.1) is 11.7 Å². The molecule has 1 fully saturated rings. The highest BCUT2D eigenvalue weighted by molar-refractivity contribution is 5.77. The van der Waals surface area contributed by atoms with Crippen LogP contribution >= 0.6 is 0 Å². The fraction of sp³-hybridized carbons (Fsp3) is 0.714. The van der Waals surface area contributed by atoms with Crippen LogP contribution in [0.5, 0.6) is 0 Å². The summed E-state index contributed by atoms with van der Waals surface area (Å²) in [5, 5.41) is 7.70. The number of amides is 1. The zero-order valence-electron chi connectivity index (χ0n) is 11.8. The summed E-state index contributed by atoms with van der Waals surface area (Å²) in [5.41, 5.74) is 3.48. The minimum atomic E-state index is 0.159. The lowest BCUT2D eigenvalue weighted by Crippen LogP contribution is -2.33. The zero-order valence-corrected chi connectivity index (χ0v) is 11.8. The van der Waals surface area contributed by atoms with E-state index in [9.17, 15) is 4.79 Å². The lowest BCUT2D eigenvalue weighted by atomic mass is 9.96. The molecule has 0 bridgehead atoms. The Hall–Kier alpha value is -1.32. The van der Waals surface area contributed by atoms with Gasteiger partial charge in [-0.25, -0.2) is 0 Å². The van der Waals surface area contributed by atoms with Crippen LogP contribution in [0.4, 0.5) is 0 Å². The number of carbonyl (C=O) groups is 1. The molecule has 1 unspecified atom stereocenters. The van der Waals surface area contributed by atoms with Gasteiger partial charge in [0.15, 0.2) is 0 Å². The summed E-state index contributed by atoms with van der Waals surface area (Å²) >= 11 is 0. The molecule has 100 valence electrons. The van der Waals surface area contributed by atoms with E-state index >= 15 is 0 Å². The van der Waals surface area contributed by atoms with Crippen molar-refractivity contribution in [2.24, 2.45) is 5.92 Å². The standard InChI is InChI=1S/C14H23N3O/c1-9(2)8-17-11(4)14(10(3)16-17)12-6-5-7-13(18)15-12/h9,12H,5-8H2,1-4H3,(H,15,18). The van der Waals surface area contributed by atoms with Crippen molar-refractivity contribution >= 4 is 5.91 Å². The molecule has 4 nitrogen and oxygen atoms in total. The Morgan fingerprint density at radius 3 is 2.78 bits per heavy atom. The maximum Gasteiger partial charge on any atom is 0.220 e. The monoisotopic (exact) mass is 249 g/mol. The second-order valence-corrected chi connectivity index (χ2v) is 5.67. The molecule has 1 N–H and O–H groups in total. The van der Waals surface area contributed by atoms with Crippen molar-refractivity contribution in [2.75, 3.05) is 0 Å². The van der Waals surface area contributed by atoms with E-state index in [-0.39, 0.29) is 11.9 Å². The molecule has 1 aromatic rings. The lowest BCUT2D eigenvalue weighted by Gasteiger charge is -2.24. The molecule has 1 atom stereocenters. The van der Waals surface area contributed by atoms with Crippen LogP contribution in [0, 0.1) is 19.8 Å². The summed E-state index contributed by atoms with van der Waals surface area (Å²) in [6.45, 7) is 9.47. The van der Waals surface area contributed by atoms with E-state index in [1.54, 1.807) is 0 Å². The molecule has 0 aliphatic carbocycles. The molecular formula is C14H23N3O. The Bertz CT molecular complexity index is 448. The first-order chi connectivity index (χ1) is 8.49. The van der Waals surface area contributed by atoms with Crippen molar-refractivity contribution < 1.29 is 4.79 Å². The molecule has 2 heterocycles. The smallest absolute Gasteiger partial charge is 0.220 e. The lowest BCUT2D eigenvalue weighted by molar-refractivity contribution is -0.123. The number of rotatable bonds is 3. The zero-order chi connectivity index (χ0) is 13.3. The van der Waals surface area contributed by atoms with Crippen LogP contribution in [-0.2, 0) is 11.3 Å². The first-order valence-electron chi connectivity index (χ1n) is 6.82. The van der Waals surface area contributed by atoms with Crippen molar-refractivity contribution in [2.45, 2.75) is 59.5 Å². The molecular weight excluding hydrogens is 226 g/mol. The van der Waals surface area contributed by atoms with Crippen LogP contribution in [-0.4, -0.2) is 15.7 Å². The maximum atomic E-state index is 11.5. The topological polar surface area (TPSA) is 46.9 Å². The quantitative estimate of drug-likeness (QED) is 0.894. The second kappa shape index (κ2) is 5.12. The van der Waals surface area contributed by atoms with Crippen LogP contribution in [0.3, 0.4) is 0 Å². The highest BCUT2D eigenvalue weighted by atomic mass is 16.1. The van der Waals surface area contributed by atoms with Gasteiger partial charge in [-0.3, -0.25) is 9.48 Å². The molecule has 18 heavy (non-hydrogen) atoms. The Balaban J connectivity index is 2.27. The summed E-state index contributed by atoms with van der Waals surface area (Å²) in [4.78, 5) is 11.5. The van der Waals surface area contributed by atoms with Crippen molar-refractivity contribution in [1.29, 1.82) is 0 Å². The normalized spacial score (nSPS) is 20.3. The molecule has 0 spiro atoms. The van der Waals surface area contributed by atoms with Gasteiger partial charge in [-0.2, -0.15) is 5.10 Å². The molecule has 0 radical (unpaired) electrons. The molecule has 0 saturated carbocycles. The summed E-state index contributed by atoms with van der Waals surface area (Å²) in [5.74, 6) is 0.749. The highest BCUT2D eigenvalue weighted by Crippen LogP contribution is 2.28. The maximum absolute atomic E-state index is 11.5. The molecule has 1 aromatic heterocycles. The minimum absolute atomic E-state index is 0.159. The number of nitrogens with zero attached hydrogens (tertiary/aromatic N) is 2. The number of hydrogen-bond acceptors (Lipinski definition) is 2. The second-order valence-electron chi connectivity index (χ2n) is 5.67. The minimum Gasteiger partial charge on any atom is -0.349 e. The molecule has 1 saturated heterocycles. The summed E-state index contributed by atoms with van der Waals surface area (Å²) < 4.78 is 2.08. The molecule has 1 aliphatic rings. The third kappa shape index (κ3) is 2.57. The van der Waals surface area contributed by atoms with E-state index in [1.165, 1.54) is 11.3 Å². The van der Waals surface area contributed by atoms with Gasteiger partial charge in [0.25, 0.3) is 0 Å². The average Bonchev–Trinajstić information content (AvgIpc) is 2.53. The number of aryl methyl sites for hydroxylation is 1. The van der Waals surface area contributed by atoms with Gasteiger partial charge in [-0.15, -0.1) is 0 Å².